The van der Waals surface area contributed by atoms with Crippen LogP contribution in [0.3, 0.4) is 0 Å². The Bertz CT molecular complexity index is 595. The number of halogens is 2. The fourth-order valence-corrected chi connectivity index (χ4v) is 4.58. The molecule has 0 spiro atoms. The molecule has 0 aromatic heterocycles. The average Bonchev–Trinajstić information content (AvgIpc) is 2.68. The molecule has 1 fully saturated rings. The molecule has 0 saturated carbocycles. The van der Waals surface area contributed by atoms with E-state index in [1.807, 2.05) is 0 Å². The molecule has 21 heavy (non-hydrogen) atoms. The standard InChI is InChI=1S/C13H18Cl2N2O3S/c14-11-3-1-4-12(13(11)15)21(19,20)17-6-2-5-16(7-8-17)9-10-18/h1,3-4,18H,2,5-10H2. The third kappa shape index (κ3) is 3.88. The Balaban J connectivity index is 2.22. The lowest BCUT2D eigenvalue weighted by Crippen LogP contribution is -2.36. The molecule has 8 heteroatoms. The third-order valence-corrected chi connectivity index (χ3v) is 6.37. The maximum Gasteiger partial charge on any atom is 0.244 e. The average molecular weight is 353 g/mol. The van der Waals surface area contributed by atoms with Crippen LogP contribution in [-0.4, -0.2) is 62.1 Å². The number of sulfonamides is 1. The molecule has 1 aliphatic rings. The maximum atomic E-state index is 12.7. The van der Waals surface area contributed by atoms with E-state index in [1.165, 1.54) is 10.4 Å². The number of β-amino-alcohol motifs (C(OH)–C–C–N with tert-alkyl or cyclic N) is 1. The van der Waals surface area contributed by atoms with Crippen LogP contribution in [0.2, 0.25) is 10.0 Å². The minimum absolute atomic E-state index is 0.0484. The van der Waals surface area contributed by atoms with Crippen molar-refractivity contribution in [3.8, 4) is 0 Å². The van der Waals surface area contributed by atoms with Crippen LogP contribution in [0.1, 0.15) is 6.42 Å². The molecule has 0 unspecified atom stereocenters. The Hall–Kier alpha value is -0.370. The first-order valence-electron chi connectivity index (χ1n) is 6.74. The summed E-state index contributed by atoms with van der Waals surface area (Å²) in [7, 11) is -3.65. The fraction of sp³-hybridized carbons (Fsp3) is 0.538. The molecule has 0 radical (unpaired) electrons. The molecule has 1 N–H and O–H groups in total. The van der Waals surface area contributed by atoms with Gasteiger partial charge in [0.05, 0.1) is 16.7 Å². The number of aliphatic hydroxyl groups is 1. The highest BCUT2D eigenvalue weighted by Crippen LogP contribution is 2.31. The lowest BCUT2D eigenvalue weighted by atomic mass is 10.4. The molecule has 1 heterocycles. The van der Waals surface area contributed by atoms with Crippen LogP contribution in [0.4, 0.5) is 0 Å². The third-order valence-electron chi connectivity index (χ3n) is 3.50. The van der Waals surface area contributed by atoms with Gasteiger partial charge in [0, 0.05) is 26.2 Å². The van der Waals surface area contributed by atoms with Crippen molar-refractivity contribution in [3.63, 3.8) is 0 Å². The zero-order valence-electron chi connectivity index (χ0n) is 11.5. The van der Waals surface area contributed by atoms with E-state index in [0.29, 0.717) is 26.2 Å². The first kappa shape index (κ1) is 17.0. The zero-order chi connectivity index (χ0) is 15.5. The Kier molecular flexibility index (Phi) is 5.88. The van der Waals surface area contributed by atoms with Gasteiger partial charge in [-0.15, -0.1) is 0 Å². The molecular weight excluding hydrogens is 335 g/mol. The Morgan fingerprint density at radius 1 is 1.14 bits per heavy atom. The summed E-state index contributed by atoms with van der Waals surface area (Å²) in [6.45, 7) is 2.82. The molecular formula is C13H18Cl2N2O3S. The van der Waals surface area contributed by atoms with Gasteiger partial charge in [0.1, 0.15) is 4.90 Å². The quantitative estimate of drug-likeness (QED) is 0.895. The molecule has 0 atom stereocenters. The van der Waals surface area contributed by atoms with E-state index in [0.717, 1.165) is 13.0 Å². The summed E-state index contributed by atoms with van der Waals surface area (Å²) in [5.74, 6) is 0. The Morgan fingerprint density at radius 2 is 1.90 bits per heavy atom. The molecule has 1 aromatic rings. The van der Waals surface area contributed by atoms with Crippen LogP contribution in [0, 0.1) is 0 Å². The summed E-state index contributed by atoms with van der Waals surface area (Å²) >= 11 is 11.9. The predicted molar refractivity (Wildman–Crippen MR) is 83.4 cm³/mol. The van der Waals surface area contributed by atoms with Crippen molar-refractivity contribution in [1.82, 2.24) is 9.21 Å². The Morgan fingerprint density at radius 3 is 2.62 bits per heavy atom. The maximum absolute atomic E-state index is 12.7. The lowest BCUT2D eigenvalue weighted by molar-refractivity contribution is 0.202. The summed E-state index contributed by atoms with van der Waals surface area (Å²) in [6.07, 6.45) is 0.720. The van der Waals surface area contributed by atoms with E-state index in [4.69, 9.17) is 28.3 Å². The van der Waals surface area contributed by atoms with E-state index >= 15 is 0 Å². The van der Waals surface area contributed by atoms with Crippen molar-refractivity contribution in [3.05, 3.63) is 28.2 Å². The minimum Gasteiger partial charge on any atom is -0.395 e. The molecule has 0 bridgehead atoms. The normalized spacial score (nSPS) is 18.6. The van der Waals surface area contributed by atoms with Gasteiger partial charge in [-0.05, 0) is 25.1 Å². The van der Waals surface area contributed by atoms with Gasteiger partial charge in [0.15, 0.2) is 0 Å². The second kappa shape index (κ2) is 7.26. The summed E-state index contributed by atoms with van der Waals surface area (Å²) in [6, 6.07) is 4.62. The SMILES string of the molecule is O=S(=O)(c1cccc(Cl)c1Cl)N1CCCN(CCO)CC1. The van der Waals surface area contributed by atoms with Gasteiger partial charge in [0.25, 0.3) is 0 Å². The summed E-state index contributed by atoms with van der Waals surface area (Å²) < 4.78 is 26.8. The van der Waals surface area contributed by atoms with Crippen molar-refractivity contribution in [2.75, 3.05) is 39.3 Å². The number of benzene rings is 1. The van der Waals surface area contributed by atoms with Crippen molar-refractivity contribution in [2.24, 2.45) is 0 Å². The second-order valence-corrected chi connectivity index (χ2v) is 7.57. The van der Waals surface area contributed by atoms with E-state index < -0.39 is 10.0 Å². The molecule has 0 aliphatic carbocycles. The van der Waals surface area contributed by atoms with Gasteiger partial charge in [-0.3, -0.25) is 4.90 Å². The zero-order valence-corrected chi connectivity index (χ0v) is 13.8. The monoisotopic (exact) mass is 352 g/mol. The number of aliphatic hydroxyl groups excluding tert-OH is 1. The highest BCUT2D eigenvalue weighted by Gasteiger charge is 2.29. The summed E-state index contributed by atoms with van der Waals surface area (Å²) in [5, 5.41) is 9.27. The minimum atomic E-state index is -3.65. The van der Waals surface area contributed by atoms with Crippen LogP contribution in [0.15, 0.2) is 23.1 Å². The molecule has 0 amide bonds. The van der Waals surface area contributed by atoms with Crippen molar-refractivity contribution < 1.29 is 13.5 Å². The van der Waals surface area contributed by atoms with Crippen LogP contribution in [0.25, 0.3) is 0 Å². The molecule has 1 aromatic carbocycles. The largest absolute Gasteiger partial charge is 0.395 e. The van der Waals surface area contributed by atoms with Crippen LogP contribution >= 0.6 is 23.2 Å². The van der Waals surface area contributed by atoms with E-state index in [9.17, 15) is 8.42 Å². The predicted octanol–water partition coefficient (Wildman–Crippen LogP) is 1.68. The number of rotatable bonds is 4. The van der Waals surface area contributed by atoms with Gasteiger partial charge in [-0.25, -0.2) is 8.42 Å². The van der Waals surface area contributed by atoms with E-state index in [1.54, 1.807) is 12.1 Å². The summed E-state index contributed by atoms with van der Waals surface area (Å²) in [4.78, 5) is 2.10. The van der Waals surface area contributed by atoms with Gasteiger partial charge >= 0.3 is 0 Å². The first-order chi connectivity index (χ1) is 9.96. The van der Waals surface area contributed by atoms with Crippen molar-refractivity contribution in [2.45, 2.75) is 11.3 Å². The van der Waals surface area contributed by atoms with E-state index in [-0.39, 0.29) is 21.5 Å². The number of nitrogens with zero attached hydrogens (tertiary/aromatic N) is 2. The molecule has 5 nitrogen and oxygen atoms in total. The molecule has 118 valence electrons. The van der Waals surface area contributed by atoms with Crippen molar-refractivity contribution >= 4 is 33.2 Å². The Labute approximate surface area is 135 Å². The highest BCUT2D eigenvalue weighted by molar-refractivity contribution is 7.89. The molecule has 1 saturated heterocycles. The second-order valence-electron chi connectivity index (χ2n) is 4.87. The van der Waals surface area contributed by atoms with Crippen molar-refractivity contribution in [1.29, 1.82) is 0 Å². The number of hydrogen-bond acceptors (Lipinski definition) is 4. The molecule has 2 rings (SSSR count). The molecule has 1 aliphatic heterocycles. The number of hydrogen-bond donors (Lipinski definition) is 1. The van der Waals surface area contributed by atoms with Gasteiger partial charge in [-0.1, -0.05) is 29.3 Å². The highest BCUT2D eigenvalue weighted by atomic mass is 35.5. The summed E-state index contributed by atoms with van der Waals surface area (Å²) in [5.41, 5.74) is 0. The van der Waals surface area contributed by atoms with Gasteiger partial charge in [0.2, 0.25) is 10.0 Å². The topological polar surface area (TPSA) is 60.9 Å². The first-order valence-corrected chi connectivity index (χ1v) is 8.94. The lowest BCUT2D eigenvalue weighted by Gasteiger charge is -2.21. The van der Waals surface area contributed by atoms with E-state index in [2.05, 4.69) is 4.90 Å². The van der Waals surface area contributed by atoms with Gasteiger partial charge in [-0.2, -0.15) is 4.31 Å². The van der Waals surface area contributed by atoms with Gasteiger partial charge < -0.3 is 5.11 Å². The fourth-order valence-electron chi connectivity index (χ4n) is 2.37. The van der Waals surface area contributed by atoms with Crippen LogP contribution in [0.5, 0.6) is 0 Å². The van der Waals surface area contributed by atoms with Crippen LogP contribution in [-0.2, 0) is 10.0 Å². The smallest absolute Gasteiger partial charge is 0.244 e. The van der Waals surface area contributed by atoms with Crippen LogP contribution < -0.4 is 0 Å².